The van der Waals surface area contributed by atoms with Gasteiger partial charge in [0.25, 0.3) is 0 Å². The van der Waals surface area contributed by atoms with E-state index >= 15 is 0 Å². The average molecular weight is 298 g/mol. The lowest BCUT2D eigenvalue weighted by molar-refractivity contribution is -0.143. The van der Waals surface area contributed by atoms with Crippen molar-refractivity contribution in [3.63, 3.8) is 0 Å². The second-order valence-corrected chi connectivity index (χ2v) is 5.14. The van der Waals surface area contributed by atoms with Gasteiger partial charge in [0.1, 0.15) is 0 Å². The molecule has 0 aromatic rings. The molecule has 0 saturated heterocycles. The molecular formula is C10H19IO2. The Morgan fingerprint density at radius 1 is 1.38 bits per heavy atom. The number of alkyl halides is 1. The lowest BCUT2D eigenvalue weighted by Crippen LogP contribution is -2.18. The smallest absolute Gasteiger partial charge is 0.306 e. The fourth-order valence-electron chi connectivity index (χ4n) is 1.25. The van der Waals surface area contributed by atoms with Gasteiger partial charge in [-0.3, -0.25) is 4.79 Å². The van der Waals surface area contributed by atoms with E-state index in [1.54, 1.807) is 0 Å². The molecule has 3 heteroatoms. The minimum absolute atomic E-state index is 0.0961. The predicted molar refractivity (Wildman–Crippen MR) is 63.2 cm³/mol. The second-order valence-electron chi connectivity index (χ2n) is 4.06. The van der Waals surface area contributed by atoms with Crippen molar-refractivity contribution in [1.29, 1.82) is 0 Å². The van der Waals surface area contributed by atoms with Gasteiger partial charge in [0, 0.05) is 0 Å². The summed E-state index contributed by atoms with van der Waals surface area (Å²) in [6.07, 6.45) is 4.08. The Kier molecular flexibility index (Phi) is 6.73. The maximum Gasteiger partial charge on any atom is 0.306 e. The van der Waals surface area contributed by atoms with Crippen LogP contribution in [-0.2, 0) is 9.53 Å². The number of ether oxygens (including phenoxy) is 1. The molecule has 0 rings (SSSR count). The molecule has 2 nitrogen and oxygen atoms in total. The average Bonchev–Trinajstić information content (AvgIpc) is 2.03. The van der Waals surface area contributed by atoms with E-state index in [0.29, 0.717) is 6.42 Å². The number of carbonyl (C=O) groups is 1. The van der Waals surface area contributed by atoms with Crippen molar-refractivity contribution in [3.8, 4) is 0 Å². The number of halogens is 1. The van der Waals surface area contributed by atoms with Crippen molar-refractivity contribution in [2.45, 2.75) is 39.5 Å². The third-order valence-electron chi connectivity index (χ3n) is 2.09. The topological polar surface area (TPSA) is 26.3 Å². The Hall–Kier alpha value is 0.200. The fraction of sp³-hybridized carbons (Fsp3) is 0.900. The van der Waals surface area contributed by atoms with Gasteiger partial charge in [-0.05, 0) is 22.7 Å². The highest BCUT2D eigenvalue weighted by atomic mass is 127. The van der Waals surface area contributed by atoms with E-state index in [4.69, 9.17) is 0 Å². The molecule has 0 saturated carbocycles. The minimum Gasteiger partial charge on any atom is -0.469 e. The first-order valence-electron chi connectivity index (χ1n) is 4.64. The molecule has 0 aliphatic carbocycles. The van der Waals surface area contributed by atoms with E-state index in [9.17, 15) is 4.79 Å². The van der Waals surface area contributed by atoms with Crippen molar-refractivity contribution in [1.82, 2.24) is 0 Å². The molecule has 0 aliphatic rings. The summed E-state index contributed by atoms with van der Waals surface area (Å²) in [7, 11) is 1.45. The van der Waals surface area contributed by atoms with Crippen molar-refractivity contribution >= 4 is 28.6 Å². The molecular weight excluding hydrogens is 279 g/mol. The van der Waals surface area contributed by atoms with Gasteiger partial charge in [-0.15, -0.1) is 0 Å². The van der Waals surface area contributed by atoms with Crippen LogP contribution in [0.4, 0.5) is 0 Å². The van der Waals surface area contributed by atoms with Crippen LogP contribution in [0.1, 0.15) is 39.5 Å². The SMILES string of the molecule is COC(=O)CC(C)(C)CCCCI. The van der Waals surface area contributed by atoms with Gasteiger partial charge in [-0.2, -0.15) is 0 Å². The van der Waals surface area contributed by atoms with E-state index in [-0.39, 0.29) is 11.4 Å². The van der Waals surface area contributed by atoms with Gasteiger partial charge in [-0.1, -0.05) is 42.9 Å². The predicted octanol–water partition coefficient (Wildman–Crippen LogP) is 3.18. The second kappa shape index (κ2) is 6.62. The van der Waals surface area contributed by atoms with Gasteiger partial charge in [-0.25, -0.2) is 0 Å². The molecule has 0 aliphatic heterocycles. The van der Waals surface area contributed by atoms with Crippen LogP contribution in [0.15, 0.2) is 0 Å². The number of rotatable bonds is 6. The molecule has 0 N–H and O–H groups in total. The molecule has 0 spiro atoms. The van der Waals surface area contributed by atoms with Crippen LogP contribution in [0.3, 0.4) is 0 Å². The van der Waals surface area contributed by atoms with Crippen LogP contribution in [0, 0.1) is 5.41 Å². The molecule has 0 amide bonds. The number of hydrogen-bond donors (Lipinski definition) is 0. The maximum absolute atomic E-state index is 11.0. The third kappa shape index (κ3) is 7.28. The number of esters is 1. The minimum atomic E-state index is -0.0977. The van der Waals surface area contributed by atoms with Crippen LogP contribution in [0.2, 0.25) is 0 Å². The molecule has 0 heterocycles. The largest absolute Gasteiger partial charge is 0.469 e. The first-order valence-corrected chi connectivity index (χ1v) is 6.17. The summed E-state index contributed by atoms with van der Waals surface area (Å²) in [6, 6.07) is 0. The lowest BCUT2D eigenvalue weighted by atomic mass is 9.84. The van der Waals surface area contributed by atoms with Gasteiger partial charge < -0.3 is 4.74 Å². The summed E-state index contributed by atoms with van der Waals surface area (Å²) in [5, 5.41) is 0. The summed E-state index contributed by atoms with van der Waals surface area (Å²) in [4.78, 5) is 11.0. The summed E-state index contributed by atoms with van der Waals surface area (Å²) >= 11 is 2.38. The van der Waals surface area contributed by atoms with Crippen LogP contribution in [-0.4, -0.2) is 17.5 Å². The van der Waals surface area contributed by atoms with Crippen molar-refractivity contribution in [2.75, 3.05) is 11.5 Å². The van der Waals surface area contributed by atoms with E-state index in [2.05, 4.69) is 41.2 Å². The quantitative estimate of drug-likeness (QED) is 0.326. The van der Waals surface area contributed by atoms with Gasteiger partial charge in [0.05, 0.1) is 13.5 Å². The summed E-state index contributed by atoms with van der Waals surface area (Å²) in [5.74, 6) is -0.0977. The van der Waals surface area contributed by atoms with Crippen LogP contribution < -0.4 is 0 Å². The van der Waals surface area contributed by atoms with Crippen LogP contribution >= 0.6 is 22.6 Å². The Morgan fingerprint density at radius 3 is 2.46 bits per heavy atom. The Morgan fingerprint density at radius 2 is 2.00 bits per heavy atom. The monoisotopic (exact) mass is 298 g/mol. The molecule has 0 fully saturated rings. The molecule has 0 aromatic carbocycles. The first kappa shape index (κ1) is 13.2. The number of carbonyl (C=O) groups excluding carboxylic acids is 1. The standard InChI is InChI=1S/C10H19IO2/c1-10(2,6-4-5-7-11)8-9(12)13-3/h4-8H2,1-3H3. The Labute approximate surface area is 94.6 Å². The fourth-order valence-corrected chi connectivity index (χ4v) is 1.79. The summed E-state index contributed by atoms with van der Waals surface area (Å²) in [5.41, 5.74) is 0.0961. The number of hydrogen-bond acceptors (Lipinski definition) is 2. The molecule has 0 atom stereocenters. The highest BCUT2D eigenvalue weighted by Crippen LogP contribution is 2.27. The molecule has 0 radical (unpaired) electrons. The zero-order valence-corrected chi connectivity index (χ0v) is 10.9. The van der Waals surface area contributed by atoms with Crippen LogP contribution in [0.25, 0.3) is 0 Å². The Bertz CT molecular complexity index is 155. The molecule has 13 heavy (non-hydrogen) atoms. The molecule has 0 aromatic heterocycles. The third-order valence-corrected chi connectivity index (χ3v) is 2.85. The molecule has 0 unspecified atom stereocenters. The lowest BCUT2D eigenvalue weighted by Gasteiger charge is -2.22. The van der Waals surface area contributed by atoms with E-state index < -0.39 is 0 Å². The van der Waals surface area contributed by atoms with Crippen molar-refractivity contribution in [2.24, 2.45) is 5.41 Å². The zero-order chi connectivity index (χ0) is 10.3. The van der Waals surface area contributed by atoms with Crippen molar-refractivity contribution < 1.29 is 9.53 Å². The molecule has 78 valence electrons. The summed E-state index contributed by atoms with van der Waals surface area (Å²) < 4.78 is 5.85. The van der Waals surface area contributed by atoms with Gasteiger partial charge in [0.15, 0.2) is 0 Å². The summed E-state index contributed by atoms with van der Waals surface area (Å²) in [6.45, 7) is 4.24. The van der Waals surface area contributed by atoms with Crippen LogP contribution in [0.5, 0.6) is 0 Å². The number of unbranched alkanes of at least 4 members (excludes halogenated alkanes) is 1. The highest BCUT2D eigenvalue weighted by molar-refractivity contribution is 14.1. The maximum atomic E-state index is 11.0. The Balaban J connectivity index is 3.72. The van der Waals surface area contributed by atoms with Gasteiger partial charge in [0.2, 0.25) is 0 Å². The molecule has 0 bridgehead atoms. The first-order chi connectivity index (χ1) is 6.02. The normalized spacial score (nSPS) is 11.4. The van der Waals surface area contributed by atoms with E-state index in [1.807, 2.05) is 0 Å². The highest BCUT2D eigenvalue weighted by Gasteiger charge is 2.21. The number of methoxy groups -OCH3 is 1. The van der Waals surface area contributed by atoms with Gasteiger partial charge >= 0.3 is 5.97 Å². The van der Waals surface area contributed by atoms with E-state index in [0.717, 1.165) is 6.42 Å². The van der Waals surface area contributed by atoms with E-state index in [1.165, 1.54) is 24.4 Å². The zero-order valence-electron chi connectivity index (χ0n) is 8.73. The van der Waals surface area contributed by atoms with Crippen molar-refractivity contribution in [3.05, 3.63) is 0 Å².